The topological polar surface area (TPSA) is 85.0 Å². The number of hydrazine groups is 1. The Kier molecular flexibility index (Phi) is 5.78. The third kappa shape index (κ3) is 4.18. The molecule has 1 atom stereocenters. The Morgan fingerprint density at radius 1 is 1.57 bits per heavy atom. The third-order valence-electron chi connectivity index (χ3n) is 1.67. The van der Waals surface area contributed by atoms with Crippen molar-refractivity contribution in [1.29, 1.82) is 0 Å². The second-order valence-corrected chi connectivity index (χ2v) is 3.36. The average Bonchev–Trinajstić information content (AvgIpc) is 2.13. The van der Waals surface area contributed by atoms with Crippen LogP contribution in [0, 0.1) is 10.8 Å². The van der Waals surface area contributed by atoms with Crippen molar-refractivity contribution in [3.8, 4) is 0 Å². The van der Waals surface area contributed by atoms with Crippen LogP contribution in [0.3, 0.4) is 0 Å². The first-order valence-electron chi connectivity index (χ1n) is 4.56. The van der Waals surface area contributed by atoms with E-state index in [1.807, 2.05) is 13.8 Å². The van der Waals surface area contributed by atoms with Crippen molar-refractivity contribution in [3.05, 3.63) is 4.91 Å². The van der Waals surface area contributed by atoms with Crippen molar-refractivity contribution >= 4 is 5.97 Å². The number of rotatable bonds is 6. The normalized spacial score (nSPS) is 12.4. The van der Waals surface area contributed by atoms with Gasteiger partial charge in [0.25, 0.3) is 0 Å². The van der Waals surface area contributed by atoms with Crippen molar-refractivity contribution in [2.45, 2.75) is 33.2 Å². The van der Waals surface area contributed by atoms with Gasteiger partial charge in [0.2, 0.25) is 0 Å². The van der Waals surface area contributed by atoms with Gasteiger partial charge in [0.1, 0.15) is 0 Å². The fourth-order valence-corrected chi connectivity index (χ4v) is 1.05. The maximum atomic E-state index is 11.3. The van der Waals surface area contributed by atoms with Crippen molar-refractivity contribution in [2.24, 2.45) is 17.0 Å². The largest absolute Gasteiger partial charge is 0.464 e. The molecule has 0 aliphatic rings. The molecule has 0 heterocycles. The van der Waals surface area contributed by atoms with E-state index in [4.69, 9.17) is 10.6 Å². The third-order valence-corrected chi connectivity index (χ3v) is 1.67. The van der Waals surface area contributed by atoms with Crippen LogP contribution in [-0.4, -0.2) is 23.7 Å². The number of esters is 1. The van der Waals surface area contributed by atoms with E-state index in [1.54, 1.807) is 6.92 Å². The van der Waals surface area contributed by atoms with E-state index in [2.05, 4.69) is 5.29 Å². The van der Waals surface area contributed by atoms with E-state index in [1.165, 1.54) is 0 Å². The maximum Gasteiger partial charge on any atom is 0.332 e. The molecule has 0 saturated carbocycles. The fraction of sp³-hybridized carbons (Fsp3) is 0.875. The van der Waals surface area contributed by atoms with E-state index < -0.39 is 12.0 Å². The minimum absolute atomic E-state index is 0.234. The van der Waals surface area contributed by atoms with Crippen LogP contribution >= 0.6 is 0 Å². The molecule has 0 amide bonds. The quantitative estimate of drug-likeness (QED) is 0.299. The van der Waals surface area contributed by atoms with Crippen LogP contribution < -0.4 is 5.84 Å². The van der Waals surface area contributed by atoms with Gasteiger partial charge in [0, 0.05) is 0 Å². The van der Waals surface area contributed by atoms with E-state index in [9.17, 15) is 9.70 Å². The highest BCUT2D eigenvalue weighted by atomic mass is 16.5. The highest BCUT2D eigenvalue weighted by Gasteiger charge is 2.26. The number of hydrogen-bond donors (Lipinski definition) is 1. The van der Waals surface area contributed by atoms with Gasteiger partial charge < -0.3 is 4.74 Å². The summed E-state index contributed by atoms with van der Waals surface area (Å²) >= 11 is 0. The molecule has 1 unspecified atom stereocenters. The van der Waals surface area contributed by atoms with E-state index in [-0.39, 0.29) is 12.5 Å². The summed E-state index contributed by atoms with van der Waals surface area (Å²) in [5, 5.41) is 3.11. The number of nitrogens with two attached hydrogens (primary N) is 1. The lowest BCUT2D eigenvalue weighted by atomic mass is 10.0. The Balaban J connectivity index is 4.37. The minimum Gasteiger partial charge on any atom is -0.464 e. The van der Waals surface area contributed by atoms with Gasteiger partial charge in [-0.3, -0.25) is 0 Å². The molecule has 0 spiro atoms. The smallest absolute Gasteiger partial charge is 0.332 e. The van der Waals surface area contributed by atoms with Gasteiger partial charge >= 0.3 is 5.97 Å². The molecule has 0 aliphatic heterocycles. The molecule has 2 N–H and O–H groups in total. The molecule has 0 saturated heterocycles. The zero-order valence-electron chi connectivity index (χ0n) is 8.77. The Morgan fingerprint density at radius 2 is 2.14 bits per heavy atom. The van der Waals surface area contributed by atoms with E-state index in [0.29, 0.717) is 11.5 Å². The Labute approximate surface area is 83.3 Å². The molecule has 0 aromatic rings. The molecule has 0 rings (SSSR count). The van der Waals surface area contributed by atoms with Gasteiger partial charge in [-0.15, -0.1) is 4.91 Å². The summed E-state index contributed by atoms with van der Waals surface area (Å²) in [5.74, 6) is 4.97. The second kappa shape index (κ2) is 6.31. The van der Waals surface area contributed by atoms with Crippen molar-refractivity contribution in [2.75, 3.05) is 6.61 Å². The van der Waals surface area contributed by atoms with Gasteiger partial charge in [-0.2, -0.15) is 5.12 Å². The van der Waals surface area contributed by atoms with Crippen LogP contribution in [0.5, 0.6) is 0 Å². The highest BCUT2D eigenvalue weighted by Crippen LogP contribution is 2.10. The summed E-state index contributed by atoms with van der Waals surface area (Å²) in [6.45, 7) is 5.80. The molecule has 6 nitrogen and oxygen atoms in total. The molecule has 14 heavy (non-hydrogen) atoms. The van der Waals surface area contributed by atoms with Crippen LogP contribution in [0.15, 0.2) is 5.29 Å². The minimum atomic E-state index is -0.785. The van der Waals surface area contributed by atoms with E-state index >= 15 is 0 Å². The molecule has 0 aromatic heterocycles. The Bertz CT molecular complexity index is 196. The van der Waals surface area contributed by atoms with Crippen LogP contribution in [0.1, 0.15) is 27.2 Å². The fourth-order valence-electron chi connectivity index (χ4n) is 1.05. The van der Waals surface area contributed by atoms with Gasteiger partial charge in [0.15, 0.2) is 6.04 Å². The lowest BCUT2D eigenvalue weighted by molar-refractivity contribution is -0.150. The van der Waals surface area contributed by atoms with Crippen LogP contribution in [0.25, 0.3) is 0 Å². The predicted molar refractivity (Wildman–Crippen MR) is 51.7 cm³/mol. The Hall–Kier alpha value is -1.17. The summed E-state index contributed by atoms with van der Waals surface area (Å²) in [7, 11) is 0. The summed E-state index contributed by atoms with van der Waals surface area (Å²) < 4.78 is 4.77. The lowest BCUT2D eigenvalue weighted by Crippen LogP contribution is -2.43. The molecule has 0 radical (unpaired) electrons. The predicted octanol–water partition coefficient (Wildman–Crippen LogP) is 0.821. The van der Waals surface area contributed by atoms with Crippen molar-refractivity contribution in [3.63, 3.8) is 0 Å². The summed E-state index contributed by atoms with van der Waals surface area (Å²) in [6.07, 6.45) is 0.446. The van der Waals surface area contributed by atoms with Crippen molar-refractivity contribution < 1.29 is 9.53 Å². The number of nitroso groups, excluding NO2 is 1. The average molecular weight is 203 g/mol. The van der Waals surface area contributed by atoms with Crippen molar-refractivity contribution in [1.82, 2.24) is 5.12 Å². The molecule has 0 aliphatic carbocycles. The first-order chi connectivity index (χ1) is 6.52. The summed E-state index contributed by atoms with van der Waals surface area (Å²) in [6, 6.07) is -0.785. The van der Waals surface area contributed by atoms with Crippen LogP contribution in [0.2, 0.25) is 0 Å². The van der Waals surface area contributed by atoms with Crippen LogP contribution in [0.4, 0.5) is 0 Å². The second-order valence-electron chi connectivity index (χ2n) is 3.36. The monoisotopic (exact) mass is 203 g/mol. The molecule has 82 valence electrons. The molecule has 6 heteroatoms. The Morgan fingerprint density at radius 3 is 2.50 bits per heavy atom. The number of ether oxygens (including phenoxy) is 1. The molecular formula is C8H17N3O3. The van der Waals surface area contributed by atoms with Gasteiger partial charge in [-0.1, -0.05) is 13.8 Å². The standard InChI is InChI=1S/C8H17N3O3/c1-4-14-8(12)7(5-6(2)3)11(9)10-13/h6-7H,4-5,9H2,1-3H3. The maximum absolute atomic E-state index is 11.3. The first kappa shape index (κ1) is 12.8. The number of nitrogens with zero attached hydrogens (tertiary/aromatic N) is 2. The molecule has 0 aromatic carbocycles. The molecular weight excluding hydrogens is 186 g/mol. The van der Waals surface area contributed by atoms with E-state index in [0.717, 1.165) is 0 Å². The van der Waals surface area contributed by atoms with Gasteiger partial charge in [-0.25, -0.2) is 10.6 Å². The summed E-state index contributed by atoms with van der Waals surface area (Å²) in [4.78, 5) is 21.5. The van der Waals surface area contributed by atoms with Gasteiger partial charge in [0.05, 0.1) is 11.9 Å². The van der Waals surface area contributed by atoms with Gasteiger partial charge in [-0.05, 0) is 19.3 Å². The summed E-state index contributed by atoms with van der Waals surface area (Å²) in [5.41, 5.74) is 0. The molecule has 0 fully saturated rings. The number of hydrogen-bond acceptors (Lipinski definition) is 5. The zero-order valence-corrected chi connectivity index (χ0v) is 8.77. The molecule has 0 bridgehead atoms. The van der Waals surface area contributed by atoms with Crippen LogP contribution in [-0.2, 0) is 9.53 Å². The highest BCUT2D eigenvalue weighted by molar-refractivity contribution is 5.75. The lowest BCUT2D eigenvalue weighted by Gasteiger charge is -2.21. The zero-order chi connectivity index (χ0) is 11.1. The SMILES string of the molecule is CCOC(=O)C(CC(C)C)N(N)N=O. The number of carbonyl (C=O) groups excluding carboxylic acids is 1. The first-order valence-corrected chi connectivity index (χ1v) is 4.56. The number of carbonyl (C=O) groups is 1.